The van der Waals surface area contributed by atoms with Crippen molar-refractivity contribution in [1.29, 1.82) is 0 Å². The van der Waals surface area contributed by atoms with Crippen LogP contribution >= 0.6 is 0 Å². The molecule has 2 atom stereocenters. The normalized spacial score (nSPS) is 25.4. The summed E-state index contributed by atoms with van der Waals surface area (Å²) in [6, 6.07) is 7.20. The zero-order chi connectivity index (χ0) is 14.2. The highest BCUT2D eigenvalue weighted by atomic mass is 16.7. The lowest BCUT2D eigenvalue weighted by atomic mass is 9.73. The van der Waals surface area contributed by atoms with Gasteiger partial charge in [0, 0.05) is 12.1 Å². The third-order valence-electron chi connectivity index (χ3n) is 4.86. The van der Waals surface area contributed by atoms with Gasteiger partial charge < -0.3 is 14.8 Å². The Kier molecular flexibility index (Phi) is 3.63. The fourth-order valence-electron chi connectivity index (χ4n) is 3.38. The van der Waals surface area contributed by atoms with E-state index in [0.717, 1.165) is 11.5 Å². The molecular weight excluding hydrogens is 250 g/mol. The molecule has 3 heteroatoms. The van der Waals surface area contributed by atoms with Crippen molar-refractivity contribution in [1.82, 2.24) is 5.32 Å². The van der Waals surface area contributed by atoms with Crippen LogP contribution in [0.1, 0.15) is 58.1 Å². The van der Waals surface area contributed by atoms with Crippen molar-refractivity contribution in [2.75, 3.05) is 6.79 Å². The van der Waals surface area contributed by atoms with Gasteiger partial charge in [-0.2, -0.15) is 0 Å². The minimum absolute atomic E-state index is 0.340. The molecule has 1 aliphatic heterocycles. The Hall–Kier alpha value is -1.22. The van der Waals surface area contributed by atoms with Crippen molar-refractivity contribution < 1.29 is 9.47 Å². The predicted molar refractivity (Wildman–Crippen MR) is 80.2 cm³/mol. The van der Waals surface area contributed by atoms with E-state index in [-0.39, 0.29) is 0 Å². The minimum Gasteiger partial charge on any atom is -0.454 e. The average molecular weight is 275 g/mol. The second-order valence-electron chi connectivity index (χ2n) is 6.79. The Balaban J connectivity index is 1.71. The second-order valence-corrected chi connectivity index (χ2v) is 6.79. The Morgan fingerprint density at radius 3 is 2.80 bits per heavy atom. The SMILES string of the molecule is CC(NC1CCCCC1(C)C)c1ccc2c(c1)OCO2. The molecule has 0 amide bonds. The van der Waals surface area contributed by atoms with Crippen molar-refractivity contribution in [2.24, 2.45) is 5.41 Å². The Bertz CT molecular complexity index is 484. The van der Waals surface area contributed by atoms with Gasteiger partial charge in [-0.05, 0) is 42.9 Å². The van der Waals surface area contributed by atoms with Gasteiger partial charge in [0.2, 0.25) is 6.79 Å². The zero-order valence-electron chi connectivity index (χ0n) is 12.7. The number of fused-ring (bicyclic) bond motifs is 1. The number of ether oxygens (including phenoxy) is 2. The number of hydrogen-bond acceptors (Lipinski definition) is 3. The smallest absolute Gasteiger partial charge is 0.231 e. The summed E-state index contributed by atoms with van der Waals surface area (Å²) in [5, 5.41) is 3.82. The summed E-state index contributed by atoms with van der Waals surface area (Å²) < 4.78 is 10.8. The van der Waals surface area contributed by atoms with Crippen molar-refractivity contribution in [2.45, 2.75) is 58.5 Å². The molecule has 3 nitrogen and oxygen atoms in total. The lowest BCUT2D eigenvalue weighted by Gasteiger charge is -2.40. The molecule has 2 aliphatic rings. The summed E-state index contributed by atoms with van der Waals surface area (Å²) in [4.78, 5) is 0. The summed E-state index contributed by atoms with van der Waals surface area (Å²) in [6.07, 6.45) is 5.30. The fraction of sp³-hybridized carbons (Fsp3) is 0.647. The Labute approximate surface area is 121 Å². The maximum Gasteiger partial charge on any atom is 0.231 e. The standard InChI is InChI=1S/C17H25NO2/c1-12(18-16-6-4-5-9-17(16,2)3)13-7-8-14-15(10-13)20-11-19-14/h7-8,10,12,16,18H,4-6,9,11H2,1-3H3. The summed E-state index contributed by atoms with van der Waals surface area (Å²) >= 11 is 0. The van der Waals surface area contributed by atoms with Crippen molar-refractivity contribution in [3.05, 3.63) is 23.8 Å². The monoisotopic (exact) mass is 275 g/mol. The van der Waals surface area contributed by atoms with E-state index in [1.807, 2.05) is 6.07 Å². The first kappa shape index (κ1) is 13.7. The van der Waals surface area contributed by atoms with E-state index in [2.05, 4.69) is 38.2 Å². The molecule has 3 rings (SSSR count). The van der Waals surface area contributed by atoms with Crippen molar-refractivity contribution in [3.8, 4) is 11.5 Å². The van der Waals surface area contributed by atoms with Gasteiger partial charge in [0.1, 0.15) is 0 Å². The molecule has 0 bridgehead atoms. The van der Waals surface area contributed by atoms with E-state index in [0.29, 0.717) is 24.3 Å². The number of nitrogens with one attached hydrogen (secondary N) is 1. The van der Waals surface area contributed by atoms with Gasteiger partial charge in [-0.25, -0.2) is 0 Å². The Morgan fingerprint density at radius 2 is 2.00 bits per heavy atom. The fourth-order valence-corrected chi connectivity index (χ4v) is 3.38. The summed E-state index contributed by atoms with van der Waals surface area (Å²) in [5.41, 5.74) is 1.67. The first-order chi connectivity index (χ1) is 9.56. The van der Waals surface area contributed by atoms with Crippen LogP contribution in [0.3, 0.4) is 0 Å². The highest BCUT2D eigenvalue weighted by molar-refractivity contribution is 5.45. The third-order valence-corrected chi connectivity index (χ3v) is 4.86. The zero-order valence-corrected chi connectivity index (χ0v) is 12.7. The van der Waals surface area contributed by atoms with Gasteiger partial charge in [0.05, 0.1) is 0 Å². The highest BCUT2D eigenvalue weighted by Gasteiger charge is 2.33. The van der Waals surface area contributed by atoms with E-state index >= 15 is 0 Å². The molecule has 1 heterocycles. The Morgan fingerprint density at radius 1 is 1.20 bits per heavy atom. The van der Waals surface area contributed by atoms with E-state index in [9.17, 15) is 0 Å². The first-order valence-electron chi connectivity index (χ1n) is 7.72. The molecule has 2 unspecified atom stereocenters. The second kappa shape index (κ2) is 5.28. The molecule has 1 aliphatic carbocycles. The van der Waals surface area contributed by atoms with Crippen LogP contribution < -0.4 is 14.8 Å². The minimum atomic E-state index is 0.340. The van der Waals surface area contributed by atoms with Gasteiger partial charge in [0.15, 0.2) is 11.5 Å². The third kappa shape index (κ3) is 2.64. The average Bonchev–Trinajstić information content (AvgIpc) is 2.88. The molecular formula is C17H25NO2. The molecule has 1 aromatic rings. The first-order valence-corrected chi connectivity index (χ1v) is 7.72. The van der Waals surface area contributed by atoms with Gasteiger partial charge in [0.25, 0.3) is 0 Å². The molecule has 1 N–H and O–H groups in total. The van der Waals surface area contributed by atoms with Crippen LogP contribution in [0, 0.1) is 5.41 Å². The van der Waals surface area contributed by atoms with Gasteiger partial charge in [-0.15, -0.1) is 0 Å². The van der Waals surface area contributed by atoms with E-state index in [1.54, 1.807) is 0 Å². The maximum atomic E-state index is 5.47. The van der Waals surface area contributed by atoms with E-state index < -0.39 is 0 Å². The van der Waals surface area contributed by atoms with Crippen LogP contribution in [-0.4, -0.2) is 12.8 Å². The molecule has 110 valence electrons. The lowest BCUT2D eigenvalue weighted by molar-refractivity contribution is 0.157. The molecule has 0 radical (unpaired) electrons. The summed E-state index contributed by atoms with van der Waals surface area (Å²) in [7, 11) is 0. The van der Waals surface area contributed by atoms with Crippen LogP contribution in [0.4, 0.5) is 0 Å². The largest absolute Gasteiger partial charge is 0.454 e. The summed E-state index contributed by atoms with van der Waals surface area (Å²) in [6.45, 7) is 7.35. The number of benzene rings is 1. The van der Waals surface area contributed by atoms with Crippen LogP contribution in [0.2, 0.25) is 0 Å². The van der Waals surface area contributed by atoms with Crippen molar-refractivity contribution >= 4 is 0 Å². The molecule has 0 saturated heterocycles. The van der Waals surface area contributed by atoms with Crippen LogP contribution in [0.25, 0.3) is 0 Å². The van der Waals surface area contributed by atoms with Crippen LogP contribution in [0.15, 0.2) is 18.2 Å². The van der Waals surface area contributed by atoms with E-state index in [4.69, 9.17) is 9.47 Å². The highest BCUT2D eigenvalue weighted by Crippen LogP contribution is 2.38. The van der Waals surface area contributed by atoms with Crippen molar-refractivity contribution in [3.63, 3.8) is 0 Å². The maximum absolute atomic E-state index is 5.47. The quantitative estimate of drug-likeness (QED) is 0.903. The molecule has 0 aromatic heterocycles. The molecule has 20 heavy (non-hydrogen) atoms. The molecule has 1 saturated carbocycles. The van der Waals surface area contributed by atoms with Crippen LogP contribution in [0.5, 0.6) is 11.5 Å². The van der Waals surface area contributed by atoms with Gasteiger partial charge in [-0.1, -0.05) is 32.8 Å². The molecule has 0 spiro atoms. The van der Waals surface area contributed by atoms with Crippen LogP contribution in [-0.2, 0) is 0 Å². The molecule has 1 aromatic carbocycles. The topological polar surface area (TPSA) is 30.5 Å². The van der Waals surface area contributed by atoms with Gasteiger partial charge >= 0.3 is 0 Å². The van der Waals surface area contributed by atoms with E-state index in [1.165, 1.54) is 31.2 Å². The number of hydrogen-bond donors (Lipinski definition) is 1. The lowest BCUT2D eigenvalue weighted by Crippen LogP contribution is -2.45. The summed E-state index contributed by atoms with van der Waals surface area (Å²) in [5.74, 6) is 1.73. The predicted octanol–water partition coefficient (Wildman–Crippen LogP) is 4.03. The van der Waals surface area contributed by atoms with Gasteiger partial charge in [-0.3, -0.25) is 0 Å². The number of rotatable bonds is 3. The molecule has 1 fully saturated rings.